The average molecular weight is 358 g/mol. The van der Waals surface area contributed by atoms with E-state index >= 15 is 0 Å². The Bertz CT molecular complexity index is 785. The summed E-state index contributed by atoms with van der Waals surface area (Å²) >= 11 is 4.20. The van der Waals surface area contributed by atoms with Crippen molar-refractivity contribution in [2.75, 3.05) is 6.26 Å². The van der Waals surface area contributed by atoms with E-state index in [-0.39, 0.29) is 26.4 Å². The van der Waals surface area contributed by atoms with E-state index in [1.165, 1.54) is 6.07 Å². The van der Waals surface area contributed by atoms with E-state index in [2.05, 4.69) is 25.9 Å². The molecule has 0 saturated carbocycles. The maximum absolute atomic E-state index is 14.0. The van der Waals surface area contributed by atoms with Crippen LogP contribution in [0.3, 0.4) is 0 Å². The first kappa shape index (κ1) is 14.7. The number of aromatic amines is 1. The molecule has 1 aromatic carbocycles. The van der Waals surface area contributed by atoms with Crippen LogP contribution in [0.15, 0.2) is 26.6 Å². The van der Waals surface area contributed by atoms with Gasteiger partial charge in [-0.15, -0.1) is 0 Å². The Morgan fingerprint density at radius 3 is 2.75 bits per heavy atom. The number of benzene rings is 1. The maximum Gasteiger partial charge on any atom is 0.270 e. The monoisotopic (exact) mass is 357 g/mol. The van der Waals surface area contributed by atoms with Gasteiger partial charge in [0.15, 0.2) is 16.8 Å². The molecule has 0 fully saturated rings. The highest BCUT2D eigenvalue weighted by Gasteiger charge is 2.21. The van der Waals surface area contributed by atoms with Crippen LogP contribution >= 0.6 is 27.7 Å². The third-order valence-corrected chi connectivity index (χ3v) is 3.72. The van der Waals surface area contributed by atoms with Gasteiger partial charge >= 0.3 is 0 Å². The van der Waals surface area contributed by atoms with Gasteiger partial charge < -0.3 is 4.98 Å². The number of nitriles is 1. The quantitative estimate of drug-likeness (QED) is 0.509. The van der Waals surface area contributed by atoms with Crippen LogP contribution in [-0.2, 0) is 0 Å². The molecule has 102 valence electrons. The minimum absolute atomic E-state index is 0.190. The molecule has 4 nitrogen and oxygen atoms in total. The fraction of sp³-hybridized carbons (Fsp3) is 0.0833. The third-order valence-electron chi connectivity index (χ3n) is 2.48. The normalized spacial score (nSPS) is 10.3. The molecule has 0 aliphatic carbocycles. The minimum atomic E-state index is -1.17. The van der Waals surface area contributed by atoms with E-state index in [9.17, 15) is 13.6 Å². The van der Waals surface area contributed by atoms with E-state index in [0.717, 1.165) is 17.8 Å². The molecule has 0 bridgehead atoms. The molecule has 0 unspecified atom stereocenters. The third kappa shape index (κ3) is 2.46. The summed E-state index contributed by atoms with van der Waals surface area (Å²) in [6.07, 6.45) is 1.66. The molecular formula is C12H6BrF2N3OS. The SMILES string of the molecule is CSc1nc(-c2c(Br)ccc(F)c2F)c(C#N)c(=O)[nH]1. The zero-order valence-electron chi connectivity index (χ0n) is 10.00. The van der Waals surface area contributed by atoms with E-state index in [4.69, 9.17) is 5.26 Å². The van der Waals surface area contributed by atoms with Gasteiger partial charge in [-0.3, -0.25) is 4.79 Å². The van der Waals surface area contributed by atoms with E-state index in [1.807, 2.05) is 0 Å². The predicted octanol–water partition coefficient (Wildman–Crippen LogP) is 3.07. The first-order valence-corrected chi connectivity index (χ1v) is 7.23. The van der Waals surface area contributed by atoms with Gasteiger partial charge in [0, 0.05) is 4.47 Å². The Balaban J connectivity index is 2.89. The molecule has 2 aromatic rings. The van der Waals surface area contributed by atoms with E-state index < -0.39 is 17.2 Å². The molecule has 0 aliphatic heterocycles. The van der Waals surface area contributed by atoms with Crippen molar-refractivity contribution in [2.24, 2.45) is 0 Å². The van der Waals surface area contributed by atoms with Crippen LogP contribution in [0.2, 0.25) is 0 Å². The van der Waals surface area contributed by atoms with Crippen molar-refractivity contribution in [1.82, 2.24) is 9.97 Å². The second kappa shape index (κ2) is 5.73. The molecule has 2 rings (SSSR count). The summed E-state index contributed by atoms with van der Waals surface area (Å²) in [5.41, 5.74) is -1.50. The lowest BCUT2D eigenvalue weighted by Gasteiger charge is -2.08. The Morgan fingerprint density at radius 2 is 2.15 bits per heavy atom. The number of hydrogen-bond donors (Lipinski definition) is 1. The second-order valence-corrected chi connectivity index (χ2v) is 5.28. The number of aromatic nitrogens is 2. The van der Waals surface area contributed by atoms with Crippen molar-refractivity contribution in [3.8, 4) is 17.3 Å². The second-order valence-electron chi connectivity index (χ2n) is 3.63. The van der Waals surface area contributed by atoms with Gasteiger partial charge in [0.1, 0.15) is 17.3 Å². The van der Waals surface area contributed by atoms with Crippen LogP contribution in [0.1, 0.15) is 5.56 Å². The number of thioether (sulfide) groups is 1. The van der Waals surface area contributed by atoms with Gasteiger partial charge in [-0.1, -0.05) is 11.8 Å². The van der Waals surface area contributed by atoms with Crippen molar-refractivity contribution in [1.29, 1.82) is 5.26 Å². The highest BCUT2D eigenvalue weighted by atomic mass is 79.9. The predicted molar refractivity (Wildman–Crippen MR) is 74.4 cm³/mol. The Morgan fingerprint density at radius 1 is 1.45 bits per heavy atom. The number of nitrogens with one attached hydrogen (secondary N) is 1. The molecule has 0 atom stereocenters. The molecule has 0 spiro atoms. The molecule has 1 heterocycles. The van der Waals surface area contributed by atoms with Gasteiger partial charge in [0.25, 0.3) is 5.56 Å². The Kier molecular flexibility index (Phi) is 4.20. The van der Waals surface area contributed by atoms with Crippen molar-refractivity contribution in [3.63, 3.8) is 0 Å². The standard InChI is InChI=1S/C12H6BrF2N3OS/c1-20-12-17-10(5(4-16)11(19)18-12)8-6(13)2-3-7(14)9(8)15/h2-3H,1H3,(H,17,18,19). The summed E-state index contributed by atoms with van der Waals surface area (Å²) in [5.74, 6) is -2.25. The molecule has 8 heteroatoms. The van der Waals surface area contributed by atoms with Crippen molar-refractivity contribution in [3.05, 3.63) is 44.2 Å². The lowest BCUT2D eigenvalue weighted by Crippen LogP contribution is -2.15. The lowest BCUT2D eigenvalue weighted by atomic mass is 10.1. The number of nitrogens with zero attached hydrogens (tertiary/aromatic N) is 2. The number of halogens is 3. The molecule has 0 amide bonds. The fourth-order valence-corrected chi connectivity index (χ4v) is 2.45. The van der Waals surface area contributed by atoms with E-state index in [0.29, 0.717) is 0 Å². The summed E-state index contributed by atoms with van der Waals surface area (Å²) < 4.78 is 27.5. The Hall–Kier alpha value is -1.72. The summed E-state index contributed by atoms with van der Waals surface area (Å²) in [6, 6.07) is 3.89. The molecular weight excluding hydrogens is 352 g/mol. The van der Waals surface area contributed by atoms with Crippen LogP contribution < -0.4 is 5.56 Å². The number of H-pyrrole nitrogens is 1. The molecule has 1 aromatic heterocycles. The molecule has 0 radical (unpaired) electrons. The summed E-state index contributed by atoms with van der Waals surface area (Å²) in [5, 5.41) is 9.23. The number of rotatable bonds is 2. The van der Waals surface area contributed by atoms with Crippen LogP contribution in [0.5, 0.6) is 0 Å². The maximum atomic E-state index is 14.0. The van der Waals surface area contributed by atoms with E-state index in [1.54, 1.807) is 12.3 Å². The molecule has 0 saturated heterocycles. The zero-order valence-corrected chi connectivity index (χ0v) is 12.4. The Labute approximate surface area is 125 Å². The van der Waals surface area contributed by atoms with Crippen LogP contribution in [0.4, 0.5) is 8.78 Å². The first-order chi connectivity index (χ1) is 9.49. The lowest BCUT2D eigenvalue weighted by molar-refractivity contribution is 0.510. The summed E-state index contributed by atoms with van der Waals surface area (Å²) in [6.45, 7) is 0. The van der Waals surface area contributed by atoms with Crippen molar-refractivity contribution < 1.29 is 8.78 Å². The molecule has 0 aliphatic rings. The minimum Gasteiger partial charge on any atom is -0.300 e. The van der Waals surface area contributed by atoms with Crippen LogP contribution in [0.25, 0.3) is 11.3 Å². The summed E-state index contributed by atoms with van der Waals surface area (Å²) in [7, 11) is 0. The zero-order chi connectivity index (χ0) is 14.9. The topological polar surface area (TPSA) is 69.5 Å². The van der Waals surface area contributed by atoms with Gasteiger partial charge in [-0.05, 0) is 34.3 Å². The highest BCUT2D eigenvalue weighted by Crippen LogP contribution is 2.32. The van der Waals surface area contributed by atoms with Crippen molar-refractivity contribution in [2.45, 2.75) is 5.16 Å². The van der Waals surface area contributed by atoms with Crippen molar-refractivity contribution >= 4 is 27.7 Å². The van der Waals surface area contributed by atoms with Crippen LogP contribution in [-0.4, -0.2) is 16.2 Å². The van der Waals surface area contributed by atoms with Gasteiger partial charge in [-0.25, -0.2) is 13.8 Å². The largest absolute Gasteiger partial charge is 0.300 e. The van der Waals surface area contributed by atoms with Crippen LogP contribution in [0, 0.1) is 23.0 Å². The van der Waals surface area contributed by atoms with Gasteiger partial charge in [-0.2, -0.15) is 5.26 Å². The average Bonchev–Trinajstić information content (AvgIpc) is 2.43. The summed E-state index contributed by atoms with van der Waals surface area (Å²) in [4.78, 5) is 18.2. The number of hydrogen-bond acceptors (Lipinski definition) is 4. The van der Waals surface area contributed by atoms with Gasteiger partial charge in [0.2, 0.25) is 0 Å². The smallest absolute Gasteiger partial charge is 0.270 e. The fourth-order valence-electron chi connectivity index (χ4n) is 1.58. The first-order valence-electron chi connectivity index (χ1n) is 5.21. The molecule has 1 N–H and O–H groups in total. The highest BCUT2D eigenvalue weighted by molar-refractivity contribution is 9.10. The molecule has 20 heavy (non-hydrogen) atoms. The van der Waals surface area contributed by atoms with Gasteiger partial charge in [0.05, 0.1) is 5.56 Å².